The highest BCUT2D eigenvalue weighted by Crippen LogP contribution is 2.39. The molecule has 0 amide bonds. The van der Waals surface area contributed by atoms with E-state index in [0.717, 1.165) is 19.6 Å². The van der Waals surface area contributed by atoms with E-state index in [4.69, 9.17) is 26.8 Å². The maximum absolute atomic E-state index is 6.08. The fourth-order valence-electron chi connectivity index (χ4n) is 1.80. The van der Waals surface area contributed by atoms with E-state index in [1.165, 1.54) is 11.3 Å². The number of benzene rings is 1. The Kier molecular flexibility index (Phi) is 5.96. The number of thiophene rings is 1. The van der Waals surface area contributed by atoms with Crippen molar-refractivity contribution in [3.63, 3.8) is 0 Å². The van der Waals surface area contributed by atoms with Crippen LogP contribution < -0.4 is 15.2 Å². The molecular weight excluding hydrogens is 441 g/mol. The molecule has 2 unspecified atom stereocenters. The third-order valence-electron chi connectivity index (χ3n) is 2.81. The highest BCUT2D eigenvalue weighted by atomic mass is 79.9. The Morgan fingerprint density at radius 2 is 1.81 bits per heavy atom. The number of hydrogen-bond acceptors (Lipinski definition) is 4. The molecule has 3 nitrogen and oxygen atoms in total. The van der Waals surface area contributed by atoms with Crippen LogP contribution in [0.2, 0.25) is 4.34 Å². The van der Waals surface area contributed by atoms with Crippen molar-refractivity contribution in [3.05, 3.63) is 42.4 Å². The van der Waals surface area contributed by atoms with Gasteiger partial charge in [0.15, 0.2) is 0 Å². The fraction of sp³-hybridized carbons (Fsp3) is 0.286. The molecule has 114 valence electrons. The topological polar surface area (TPSA) is 44.5 Å². The zero-order valence-electron chi connectivity index (χ0n) is 11.4. The summed E-state index contributed by atoms with van der Waals surface area (Å²) >= 11 is 14.4. The van der Waals surface area contributed by atoms with Gasteiger partial charge >= 0.3 is 0 Å². The molecule has 2 atom stereocenters. The standard InChI is InChI=1S/C14H14Br2ClNO2S/c1-7(18)14(12-3-4-13(17)21-12)20-11-6-8(15)10(19-2)5-9(11)16/h3-7,14H,18H2,1-2H3. The summed E-state index contributed by atoms with van der Waals surface area (Å²) in [6.45, 7) is 1.91. The second-order valence-corrected chi connectivity index (χ2v) is 7.91. The predicted molar refractivity (Wildman–Crippen MR) is 94.7 cm³/mol. The van der Waals surface area contributed by atoms with E-state index in [9.17, 15) is 0 Å². The summed E-state index contributed by atoms with van der Waals surface area (Å²) in [5, 5.41) is 0. The minimum absolute atomic E-state index is 0.174. The Bertz CT molecular complexity index is 633. The van der Waals surface area contributed by atoms with Crippen LogP contribution in [0.4, 0.5) is 0 Å². The molecule has 1 heterocycles. The summed E-state index contributed by atoms with van der Waals surface area (Å²) in [4.78, 5) is 0.994. The van der Waals surface area contributed by atoms with Crippen LogP contribution in [0.1, 0.15) is 17.9 Å². The van der Waals surface area contributed by atoms with Crippen LogP contribution in [0.25, 0.3) is 0 Å². The first kappa shape index (κ1) is 17.1. The van der Waals surface area contributed by atoms with Gasteiger partial charge in [-0.15, -0.1) is 11.3 Å². The molecule has 0 spiro atoms. The van der Waals surface area contributed by atoms with E-state index in [1.54, 1.807) is 7.11 Å². The average Bonchev–Trinajstić information content (AvgIpc) is 2.85. The first-order valence-electron chi connectivity index (χ1n) is 6.13. The van der Waals surface area contributed by atoms with Crippen LogP contribution in [0, 0.1) is 0 Å². The molecule has 0 fully saturated rings. The van der Waals surface area contributed by atoms with E-state index in [-0.39, 0.29) is 12.1 Å². The number of hydrogen-bond donors (Lipinski definition) is 1. The predicted octanol–water partition coefficient (Wildman–Crippen LogP) is 5.40. The van der Waals surface area contributed by atoms with Crippen molar-refractivity contribution in [2.75, 3.05) is 7.11 Å². The van der Waals surface area contributed by atoms with Crippen molar-refractivity contribution in [3.8, 4) is 11.5 Å². The van der Waals surface area contributed by atoms with Gasteiger partial charge in [-0.05, 0) is 63.0 Å². The smallest absolute Gasteiger partial charge is 0.148 e. The molecule has 2 aromatic rings. The Balaban J connectivity index is 2.31. The van der Waals surface area contributed by atoms with Crippen LogP contribution in [0.15, 0.2) is 33.2 Å². The van der Waals surface area contributed by atoms with E-state index in [0.29, 0.717) is 10.1 Å². The largest absolute Gasteiger partial charge is 0.496 e. The van der Waals surface area contributed by atoms with Gasteiger partial charge in [0.1, 0.15) is 17.6 Å². The maximum Gasteiger partial charge on any atom is 0.148 e. The molecule has 0 bridgehead atoms. The maximum atomic E-state index is 6.08. The Morgan fingerprint density at radius 1 is 1.19 bits per heavy atom. The Hall–Kier alpha value is -0.270. The zero-order valence-corrected chi connectivity index (χ0v) is 16.1. The van der Waals surface area contributed by atoms with Gasteiger partial charge in [0.25, 0.3) is 0 Å². The number of methoxy groups -OCH3 is 1. The lowest BCUT2D eigenvalue weighted by Gasteiger charge is -2.22. The normalized spacial score (nSPS) is 13.8. The summed E-state index contributed by atoms with van der Waals surface area (Å²) < 4.78 is 13.7. The number of rotatable bonds is 5. The monoisotopic (exact) mass is 453 g/mol. The minimum atomic E-state index is -0.265. The summed E-state index contributed by atoms with van der Waals surface area (Å²) in [5.74, 6) is 1.42. The second kappa shape index (κ2) is 7.33. The third kappa shape index (κ3) is 4.13. The quantitative estimate of drug-likeness (QED) is 0.656. The highest BCUT2D eigenvalue weighted by Gasteiger charge is 2.22. The van der Waals surface area contributed by atoms with E-state index < -0.39 is 0 Å². The lowest BCUT2D eigenvalue weighted by Crippen LogP contribution is -2.28. The van der Waals surface area contributed by atoms with Gasteiger partial charge in [0.2, 0.25) is 0 Å². The minimum Gasteiger partial charge on any atom is -0.496 e. The van der Waals surface area contributed by atoms with Gasteiger partial charge in [-0.25, -0.2) is 0 Å². The average molecular weight is 456 g/mol. The van der Waals surface area contributed by atoms with Crippen LogP contribution >= 0.6 is 54.8 Å². The number of nitrogens with two attached hydrogens (primary N) is 1. The van der Waals surface area contributed by atoms with Crippen LogP contribution in [0.5, 0.6) is 11.5 Å². The summed E-state index contributed by atoms with van der Waals surface area (Å²) in [6.07, 6.45) is -0.265. The fourth-order valence-corrected chi connectivity index (χ4v) is 3.91. The molecule has 2 N–H and O–H groups in total. The van der Waals surface area contributed by atoms with Crippen molar-refractivity contribution in [1.82, 2.24) is 0 Å². The van der Waals surface area contributed by atoms with Crippen molar-refractivity contribution in [1.29, 1.82) is 0 Å². The van der Waals surface area contributed by atoms with Crippen molar-refractivity contribution in [2.45, 2.75) is 19.1 Å². The van der Waals surface area contributed by atoms with Gasteiger partial charge in [-0.1, -0.05) is 11.6 Å². The second-order valence-electron chi connectivity index (χ2n) is 4.46. The molecule has 0 aliphatic carbocycles. The van der Waals surface area contributed by atoms with Gasteiger partial charge in [-0.3, -0.25) is 0 Å². The van der Waals surface area contributed by atoms with Crippen molar-refractivity contribution >= 4 is 54.8 Å². The SMILES string of the molecule is COc1cc(Br)c(OC(c2ccc(Cl)s2)C(C)N)cc1Br. The van der Waals surface area contributed by atoms with Crippen molar-refractivity contribution in [2.24, 2.45) is 5.73 Å². The van der Waals surface area contributed by atoms with Crippen LogP contribution in [-0.2, 0) is 0 Å². The molecule has 0 radical (unpaired) electrons. The summed E-state index contributed by atoms with van der Waals surface area (Å²) in [7, 11) is 1.62. The van der Waals surface area contributed by atoms with Crippen LogP contribution in [0.3, 0.4) is 0 Å². The van der Waals surface area contributed by atoms with E-state index in [1.807, 2.05) is 31.2 Å². The first-order chi connectivity index (χ1) is 9.92. The van der Waals surface area contributed by atoms with Crippen LogP contribution in [-0.4, -0.2) is 13.2 Å². The van der Waals surface area contributed by atoms with Crippen molar-refractivity contribution < 1.29 is 9.47 Å². The summed E-state index contributed by atoms with van der Waals surface area (Å²) in [6, 6.07) is 7.31. The third-order valence-corrected chi connectivity index (χ3v) is 5.34. The number of halogens is 3. The van der Waals surface area contributed by atoms with E-state index in [2.05, 4.69) is 31.9 Å². The molecule has 1 aromatic heterocycles. The molecule has 0 aliphatic heterocycles. The summed E-state index contributed by atoms with van der Waals surface area (Å²) in [5.41, 5.74) is 6.06. The van der Waals surface area contributed by atoms with Gasteiger partial charge in [0, 0.05) is 10.9 Å². The first-order valence-corrected chi connectivity index (χ1v) is 8.91. The molecular formula is C14H14Br2ClNO2S. The molecule has 0 saturated carbocycles. The zero-order chi connectivity index (χ0) is 15.6. The lowest BCUT2D eigenvalue weighted by molar-refractivity contribution is 0.182. The molecule has 1 aromatic carbocycles. The molecule has 21 heavy (non-hydrogen) atoms. The molecule has 0 saturated heterocycles. The van der Waals surface area contributed by atoms with Gasteiger partial charge in [-0.2, -0.15) is 0 Å². The Morgan fingerprint density at radius 3 is 2.33 bits per heavy atom. The molecule has 2 rings (SSSR count). The molecule has 0 aliphatic rings. The highest BCUT2D eigenvalue weighted by molar-refractivity contribution is 9.11. The van der Waals surface area contributed by atoms with Gasteiger partial charge in [0.05, 0.1) is 20.4 Å². The Labute approximate surface area is 149 Å². The van der Waals surface area contributed by atoms with E-state index >= 15 is 0 Å². The van der Waals surface area contributed by atoms with Gasteiger partial charge < -0.3 is 15.2 Å². The number of ether oxygens (including phenoxy) is 2. The lowest BCUT2D eigenvalue weighted by atomic mass is 10.1. The molecule has 7 heteroatoms.